The van der Waals surface area contributed by atoms with Crippen molar-refractivity contribution in [2.75, 3.05) is 19.0 Å². The van der Waals surface area contributed by atoms with Crippen LogP contribution in [0.4, 0.5) is 5.69 Å². The first-order valence-corrected chi connectivity index (χ1v) is 9.53. The van der Waals surface area contributed by atoms with Crippen molar-refractivity contribution in [3.05, 3.63) is 63.0 Å². The molecule has 0 saturated carbocycles. The molecule has 30 heavy (non-hydrogen) atoms. The molecule has 2 heterocycles. The van der Waals surface area contributed by atoms with Gasteiger partial charge in [-0.25, -0.2) is 9.78 Å². The highest BCUT2D eigenvalue weighted by Crippen LogP contribution is 2.27. The molecule has 0 fully saturated rings. The Hall–Kier alpha value is -3.39. The Kier molecular flexibility index (Phi) is 6.37. The van der Waals surface area contributed by atoms with Crippen LogP contribution in [0.2, 0.25) is 5.02 Å². The van der Waals surface area contributed by atoms with Crippen LogP contribution < -0.4 is 15.5 Å². The number of amides is 1. The van der Waals surface area contributed by atoms with E-state index < -0.39 is 23.9 Å². The van der Waals surface area contributed by atoms with Crippen molar-refractivity contribution in [2.45, 2.75) is 20.4 Å². The van der Waals surface area contributed by atoms with Crippen molar-refractivity contribution in [2.24, 2.45) is 0 Å². The number of anilines is 1. The van der Waals surface area contributed by atoms with Gasteiger partial charge >= 0.3 is 5.97 Å². The summed E-state index contributed by atoms with van der Waals surface area (Å²) in [6.45, 7) is 3.61. The number of halogens is 1. The zero-order valence-electron chi connectivity index (χ0n) is 16.7. The van der Waals surface area contributed by atoms with Crippen LogP contribution in [-0.4, -0.2) is 35.1 Å². The lowest BCUT2D eigenvalue weighted by atomic mass is 10.2. The number of carbonyl (C=O) groups excluding carboxylic acids is 2. The highest BCUT2D eigenvalue weighted by Gasteiger charge is 2.19. The van der Waals surface area contributed by atoms with Crippen molar-refractivity contribution in [3.8, 4) is 5.75 Å². The smallest absolute Gasteiger partial charge is 0.344 e. The highest BCUT2D eigenvalue weighted by molar-refractivity contribution is 6.31. The molecule has 3 rings (SSSR count). The van der Waals surface area contributed by atoms with Crippen LogP contribution in [0.15, 0.2) is 41.3 Å². The van der Waals surface area contributed by atoms with Gasteiger partial charge in [-0.05, 0) is 44.2 Å². The fraction of sp³-hybridized carbons (Fsp3) is 0.238. The van der Waals surface area contributed by atoms with Gasteiger partial charge in [-0.3, -0.25) is 9.59 Å². The molecule has 0 unspecified atom stereocenters. The first kappa shape index (κ1) is 21.3. The van der Waals surface area contributed by atoms with E-state index in [9.17, 15) is 14.4 Å². The number of fused-ring (bicyclic) bond motifs is 1. The summed E-state index contributed by atoms with van der Waals surface area (Å²) >= 11 is 5.93. The first-order valence-electron chi connectivity index (χ1n) is 9.15. The fourth-order valence-corrected chi connectivity index (χ4v) is 3.09. The van der Waals surface area contributed by atoms with Gasteiger partial charge in [-0.1, -0.05) is 11.6 Å². The quantitative estimate of drug-likeness (QED) is 0.604. The predicted octanol–water partition coefficient (Wildman–Crippen LogP) is 3.18. The number of nitrogens with zero attached hydrogens (tertiary/aromatic N) is 2. The Morgan fingerprint density at radius 3 is 2.70 bits per heavy atom. The molecular weight excluding hydrogens is 410 g/mol. The van der Waals surface area contributed by atoms with E-state index in [0.717, 1.165) is 5.69 Å². The molecule has 1 amide bonds. The Morgan fingerprint density at radius 2 is 2.00 bits per heavy atom. The summed E-state index contributed by atoms with van der Waals surface area (Å²) in [6.07, 6.45) is 1.40. The zero-order valence-corrected chi connectivity index (χ0v) is 17.4. The third-order valence-electron chi connectivity index (χ3n) is 4.39. The van der Waals surface area contributed by atoms with Gasteiger partial charge < -0.3 is 19.4 Å². The van der Waals surface area contributed by atoms with Gasteiger partial charge in [0.05, 0.1) is 18.2 Å². The van der Waals surface area contributed by atoms with Crippen LogP contribution in [0.1, 0.15) is 23.0 Å². The average Bonchev–Trinajstić information content (AvgIpc) is 2.72. The van der Waals surface area contributed by atoms with Gasteiger partial charge in [0.2, 0.25) is 5.43 Å². The minimum Gasteiger partial charge on any atom is -0.495 e. The van der Waals surface area contributed by atoms with Gasteiger partial charge in [0.1, 0.15) is 17.0 Å². The summed E-state index contributed by atoms with van der Waals surface area (Å²) in [7, 11) is 1.45. The van der Waals surface area contributed by atoms with E-state index in [0.29, 0.717) is 34.0 Å². The molecule has 0 aliphatic carbocycles. The molecule has 0 bridgehead atoms. The van der Waals surface area contributed by atoms with Gasteiger partial charge in [0.15, 0.2) is 6.61 Å². The lowest BCUT2D eigenvalue weighted by Crippen LogP contribution is -2.25. The Balaban J connectivity index is 1.78. The van der Waals surface area contributed by atoms with E-state index in [-0.39, 0.29) is 5.56 Å². The maximum atomic E-state index is 12.7. The normalized spacial score (nSPS) is 10.7. The number of rotatable bonds is 6. The highest BCUT2D eigenvalue weighted by atomic mass is 35.5. The van der Waals surface area contributed by atoms with E-state index in [1.807, 2.05) is 13.8 Å². The number of nitrogens with one attached hydrogen (secondary N) is 1. The molecule has 1 aromatic carbocycles. The number of carbonyl (C=O) groups is 2. The van der Waals surface area contributed by atoms with Crippen LogP contribution in [0, 0.1) is 6.92 Å². The van der Waals surface area contributed by atoms with Crippen LogP contribution in [0.3, 0.4) is 0 Å². The van der Waals surface area contributed by atoms with E-state index in [1.54, 1.807) is 28.8 Å². The molecule has 0 aliphatic rings. The minimum absolute atomic E-state index is 0.164. The van der Waals surface area contributed by atoms with E-state index in [1.165, 1.54) is 19.4 Å². The maximum absolute atomic E-state index is 12.7. The second-order valence-electron chi connectivity index (χ2n) is 6.45. The SMILES string of the molecule is CCn1cc(C(=O)OCC(=O)Nc2cc(Cl)ccc2OC)c(=O)c2ccc(C)nc21. The lowest BCUT2D eigenvalue weighted by Gasteiger charge is -2.12. The summed E-state index contributed by atoms with van der Waals surface area (Å²) in [4.78, 5) is 41.8. The Labute approximate surface area is 177 Å². The fourth-order valence-electron chi connectivity index (χ4n) is 2.92. The lowest BCUT2D eigenvalue weighted by molar-refractivity contribution is -0.119. The number of ether oxygens (including phenoxy) is 2. The van der Waals surface area contributed by atoms with E-state index >= 15 is 0 Å². The van der Waals surface area contributed by atoms with Crippen molar-refractivity contribution >= 4 is 40.2 Å². The summed E-state index contributed by atoms with van der Waals surface area (Å²) in [5.41, 5.74) is 0.927. The number of esters is 1. The summed E-state index contributed by atoms with van der Waals surface area (Å²) in [5, 5.41) is 3.28. The molecule has 0 aliphatic heterocycles. The zero-order chi connectivity index (χ0) is 21.8. The Morgan fingerprint density at radius 1 is 1.23 bits per heavy atom. The maximum Gasteiger partial charge on any atom is 0.344 e. The number of hydrogen-bond donors (Lipinski definition) is 1. The molecule has 8 nitrogen and oxygen atoms in total. The summed E-state index contributed by atoms with van der Waals surface area (Å²) in [5.74, 6) is -1.09. The number of aromatic nitrogens is 2. The van der Waals surface area contributed by atoms with Crippen molar-refractivity contribution in [1.29, 1.82) is 0 Å². The van der Waals surface area contributed by atoms with E-state index in [4.69, 9.17) is 21.1 Å². The number of benzene rings is 1. The standard InChI is InChI=1S/C21H20ClN3O5/c1-4-25-10-15(19(27)14-7-5-12(2)23-20(14)25)21(28)30-11-18(26)24-16-9-13(22)6-8-17(16)29-3/h5-10H,4,11H2,1-3H3,(H,24,26). The molecule has 0 saturated heterocycles. The number of pyridine rings is 2. The van der Waals surface area contributed by atoms with Gasteiger partial charge in [0, 0.05) is 23.5 Å². The van der Waals surface area contributed by atoms with Crippen LogP contribution in [0.5, 0.6) is 5.75 Å². The van der Waals surface area contributed by atoms with Gasteiger partial charge in [-0.15, -0.1) is 0 Å². The van der Waals surface area contributed by atoms with Gasteiger partial charge in [0.25, 0.3) is 5.91 Å². The molecule has 9 heteroatoms. The second-order valence-corrected chi connectivity index (χ2v) is 6.89. The molecular formula is C21H20ClN3O5. The number of hydrogen-bond acceptors (Lipinski definition) is 6. The number of aryl methyl sites for hydroxylation is 2. The van der Waals surface area contributed by atoms with Crippen LogP contribution in [0.25, 0.3) is 11.0 Å². The summed E-state index contributed by atoms with van der Waals surface area (Å²) in [6, 6.07) is 8.05. The molecule has 0 atom stereocenters. The van der Waals surface area contributed by atoms with Crippen LogP contribution >= 0.6 is 11.6 Å². The molecule has 0 radical (unpaired) electrons. The third-order valence-corrected chi connectivity index (χ3v) is 4.63. The third kappa shape index (κ3) is 4.44. The first-order chi connectivity index (χ1) is 14.3. The largest absolute Gasteiger partial charge is 0.495 e. The second kappa shape index (κ2) is 8.96. The topological polar surface area (TPSA) is 99.5 Å². The van der Waals surface area contributed by atoms with Crippen molar-refractivity contribution < 1.29 is 19.1 Å². The monoisotopic (exact) mass is 429 g/mol. The predicted molar refractivity (Wildman–Crippen MR) is 113 cm³/mol. The molecule has 2 aromatic heterocycles. The summed E-state index contributed by atoms with van der Waals surface area (Å²) < 4.78 is 11.9. The Bertz CT molecular complexity index is 1190. The molecule has 3 aromatic rings. The van der Waals surface area contributed by atoms with Crippen molar-refractivity contribution in [3.63, 3.8) is 0 Å². The van der Waals surface area contributed by atoms with Crippen molar-refractivity contribution in [1.82, 2.24) is 9.55 Å². The molecule has 156 valence electrons. The van der Waals surface area contributed by atoms with E-state index in [2.05, 4.69) is 10.3 Å². The molecule has 0 spiro atoms. The van der Waals surface area contributed by atoms with Gasteiger partial charge in [-0.2, -0.15) is 0 Å². The molecule has 1 N–H and O–H groups in total. The number of methoxy groups -OCH3 is 1. The minimum atomic E-state index is -0.891. The van der Waals surface area contributed by atoms with Crippen LogP contribution in [-0.2, 0) is 16.1 Å². The average molecular weight is 430 g/mol.